The first-order chi connectivity index (χ1) is 8.59. The number of benzene rings is 1. The van der Waals surface area contributed by atoms with E-state index in [0.29, 0.717) is 11.7 Å². The van der Waals surface area contributed by atoms with Gasteiger partial charge in [-0.3, -0.25) is 0 Å². The number of hydrogen-bond acceptors (Lipinski definition) is 4. The molecule has 1 heterocycles. The van der Waals surface area contributed by atoms with Crippen molar-refractivity contribution in [3.05, 3.63) is 23.8 Å². The number of ether oxygens (including phenoxy) is 1. The molecular weight excluding hydrogens is 232 g/mol. The molecular formula is C13H18N2O3. The fraction of sp³-hybridized carbons (Fsp3) is 0.462. The monoisotopic (exact) mass is 250 g/mol. The molecule has 0 amide bonds. The lowest BCUT2D eigenvalue weighted by molar-refractivity contribution is 0.0697. The number of anilines is 2. The second-order valence-corrected chi connectivity index (χ2v) is 4.53. The van der Waals surface area contributed by atoms with E-state index in [9.17, 15) is 4.79 Å². The number of nitrogen functional groups attached to an aromatic ring is 1. The molecule has 5 nitrogen and oxygen atoms in total. The zero-order valence-electron chi connectivity index (χ0n) is 10.4. The topological polar surface area (TPSA) is 75.8 Å². The van der Waals surface area contributed by atoms with Gasteiger partial charge < -0.3 is 20.5 Å². The van der Waals surface area contributed by atoms with Gasteiger partial charge in [-0.2, -0.15) is 0 Å². The van der Waals surface area contributed by atoms with Crippen molar-refractivity contribution in [3.63, 3.8) is 0 Å². The van der Waals surface area contributed by atoms with Crippen LogP contribution in [0.4, 0.5) is 11.4 Å². The number of nitrogens with zero attached hydrogens (tertiary/aromatic N) is 1. The van der Waals surface area contributed by atoms with Crippen molar-refractivity contribution in [2.24, 2.45) is 0 Å². The van der Waals surface area contributed by atoms with E-state index in [1.54, 1.807) is 12.1 Å². The van der Waals surface area contributed by atoms with Crippen LogP contribution in [-0.4, -0.2) is 37.4 Å². The Balaban J connectivity index is 2.21. The summed E-state index contributed by atoms with van der Waals surface area (Å²) < 4.78 is 5.33. The van der Waals surface area contributed by atoms with Crippen LogP contribution in [0.3, 0.4) is 0 Å². The van der Waals surface area contributed by atoms with Crippen LogP contribution >= 0.6 is 0 Å². The van der Waals surface area contributed by atoms with E-state index in [0.717, 1.165) is 31.7 Å². The van der Waals surface area contributed by atoms with Crippen LogP contribution in [0.2, 0.25) is 0 Å². The number of carbonyl (C=O) groups is 1. The maximum absolute atomic E-state index is 11.1. The van der Waals surface area contributed by atoms with E-state index >= 15 is 0 Å². The van der Waals surface area contributed by atoms with Gasteiger partial charge in [0.2, 0.25) is 0 Å². The van der Waals surface area contributed by atoms with Crippen molar-refractivity contribution in [1.29, 1.82) is 0 Å². The molecule has 0 bridgehead atoms. The summed E-state index contributed by atoms with van der Waals surface area (Å²) in [5.74, 6) is -0.991. The molecule has 1 aromatic carbocycles. The fourth-order valence-corrected chi connectivity index (χ4v) is 2.23. The predicted octanol–water partition coefficient (Wildman–Crippen LogP) is 1.58. The third-order valence-corrected chi connectivity index (χ3v) is 3.41. The second-order valence-electron chi connectivity index (χ2n) is 4.53. The molecule has 1 aromatic rings. The molecule has 5 heteroatoms. The molecule has 3 N–H and O–H groups in total. The van der Waals surface area contributed by atoms with Gasteiger partial charge in [0, 0.05) is 37.7 Å². The third kappa shape index (κ3) is 2.56. The number of carboxylic acid groups (broad SMARTS) is 1. The maximum atomic E-state index is 11.1. The Morgan fingerprint density at radius 1 is 1.44 bits per heavy atom. The predicted molar refractivity (Wildman–Crippen MR) is 70.1 cm³/mol. The van der Waals surface area contributed by atoms with Gasteiger partial charge in [0.25, 0.3) is 0 Å². The normalized spacial score (nSPS) is 16.5. The zero-order valence-corrected chi connectivity index (χ0v) is 10.4. The molecule has 0 spiro atoms. The first kappa shape index (κ1) is 12.7. The standard InChI is InChI=1S/C13H18N2O3/c1-15(9-4-6-18-7-5-9)10-2-3-12(14)11(8-10)13(16)17/h2-3,8-9H,4-7,14H2,1H3,(H,16,17). The van der Waals surface area contributed by atoms with Crippen LogP contribution in [0, 0.1) is 0 Å². The second kappa shape index (κ2) is 5.27. The number of nitrogens with two attached hydrogens (primary N) is 1. The van der Waals surface area contributed by atoms with Crippen LogP contribution in [-0.2, 0) is 4.74 Å². The highest BCUT2D eigenvalue weighted by molar-refractivity contribution is 5.94. The van der Waals surface area contributed by atoms with Gasteiger partial charge in [-0.15, -0.1) is 0 Å². The molecule has 0 radical (unpaired) electrons. The highest BCUT2D eigenvalue weighted by Gasteiger charge is 2.20. The lowest BCUT2D eigenvalue weighted by Crippen LogP contribution is -2.36. The van der Waals surface area contributed by atoms with Crippen molar-refractivity contribution in [1.82, 2.24) is 0 Å². The van der Waals surface area contributed by atoms with Crippen molar-refractivity contribution in [2.45, 2.75) is 18.9 Å². The van der Waals surface area contributed by atoms with Gasteiger partial charge in [0.15, 0.2) is 0 Å². The van der Waals surface area contributed by atoms with Gasteiger partial charge in [0.1, 0.15) is 0 Å². The molecule has 98 valence electrons. The summed E-state index contributed by atoms with van der Waals surface area (Å²) in [6.45, 7) is 1.52. The number of carboxylic acids is 1. The van der Waals surface area contributed by atoms with Gasteiger partial charge in [0.05, 0.1) is 5.56 Å². The molecule has 1 fully saturated rings. The van der Waals surface area contributed by atoms with Crippen LogP contribution in [0.1, 0.15) is 23.2 Å². The molecule has 0 unspecified atom stereocenters. The molecule has 1 saturated heterocycles. The first-order valence-corrected chi connectivity index (χ1v) is 6.03. The largest absolute Gasteiger partial charge is 0.478 e. The average Bonchev–Trinajstić information content (AvgIpc) is 2.39. The number of rotatable bonds is 3. The molecule has 0 saturated carbocycles. The number of hydrogen-bond donors (Lipinski definition) is 2. The smallest absolute Gasteiger partial charge is 0.337 e. The summed E-state index contributed by atoms with van der Waals surface area (Å²) in [4.78, 5) is 13.2. The van der Waals surface area contributed by atoms with E-state index in [2.05, 4.69) is 4.90 Å². The zero-order chi connectivity index (χ0) is 13.1. The van der Waals surface area contributed by atoms with Gasteiger partial charge in [-0.25, -0.2) is 4.79 Å². The lowest BCUT2D eigenvalue weighted by atomic mass is 10.1. The molecule has 0 atom stereocenters. The summed E-state index contributed by atoms with van der Waals surface area (Å²) >= 11 is 0. The molecule has 0 aromatic heterocycles. The average molecular weight is 250 g/mol. The van der Waals surface area contributed by atoms with Gasteiger partial charge >= 0.3 is 5.97 Å². The fourth-order valence-electron chi connectivity index (χ4n) is 2.23. The summed E-state index contributed by atoms with van der Waals surface area (Å²) in [6, 6.07) is 5.53. The summed E-state index contributed by atoms with van der Waals surface area (Å²) in [7, 11) is 1.98. The summed E-state index contributed by atoms with van der Waals surface area (Å²) in [5.41, 5.74) is 6.99. The maximum Gasteiger partial charge on any atom is 0.337 e. The summed E-state index contributed by atoms with van der Waals surface area (Å²) in [5, 5.41) is 9.06. The van der Waals surface area contributed by atoms with Crippen LogP contribution in [0.25, 0.3) is 0 Å². The highest BCUT2D eigenvalue weighted by Crippen LogP contribution is 2.25. The Kier molecular flexibility index (Phi) is 3.72. The molecule has 1 aliphatic heterocycles. The van der Waals surface area contributed by atoms with Crippen molar-refractivity contribution >= 4 is 17.3 Å². The lowest BCUT2D eigenvalue weighted by Gasteiger charge is -2.33. The molecule has 1 aliphatic rings. The highest BCUT2D eigenvalue weighted by atomic mass is 16.5. The summed E-state index contributed by atoms with van der Waals surface area (Å²) in [6.07, 6.45) is 1.92. The Hall–Kier alpha value is -1.75. The third-order valence-electron chi connectivity index (χ3n) is 3.41. The van der Waals surface area contributed by atoms with E-state index in [-0.39, 0.29) is 5.56 Å². The Labute approximate surface area is 106 Å². The molecule has 2 rings (SSSR count). The van der Waals surface area contributed by atoms with E-state index in [1.165, 1.54) is 0 Å². The van der Waals surface area contributed by atoms with Crippen LogP contribution in [0.15, 0.2) is 18.2 Å². The van der Waals surface area contributed by atoms with Crippen LogP contribution < -0.4 is 10.6 Å². The first-order valence-electron chi connectivity index (χ1n) is 6.03. The van der Waals surface area contributed by atoms with Gasteiger partial charge in [-0.05, 0) is 31.0 Å². The van der Waals surface area contributed by atoms with Crippen molar-refractivity contribution < 1.29 is 14.6 Å². The SMILES string of the molecule is CN(c1ccc(N)c(C(=O)O)c1)C1CCOCC1. The van der Waals surface area contributed by atoms with Crippen LogP contribution in [0.5, 0.6) is 0 Å². The van der Waals surface area contributed by atoms with Crippen molar-refractivity contribution in [2.75, 3.05) is 30.9 Å². The van der Waals surface area contributed by atoms with E-state index in [1.807, 2.05) is 13.1 Å². The Bertz CT molecular complexity index is 442. The van der Waals surface area contributed by atoms with Gasteiger partial charge in [-0.1, -0.05) is 0 Å². The molecule has 18 heavy (non-hydrogen) atoms. The minimum Gasteiger partial charge on any atom is -0.478 e. The molecule has 0 aliphatic carbocycles. The Morgan fingerprint density at radius 2 is 2.11 bits per heavy atom. The van der Waals surface area contributed by atoms with E-state index < -0.39 is 5.97 Å². The minimum absolute atomic E-state index is 0.159. The van der Waals surface area contributed by atoms with E-state index in [4.69, 9.17) is 15.6 Å². The number of aromatic carboxylic acids is 1. The quantitative estimate of drug-likeness (QED) is 0.797. The minimum atomic E-state index is -0.991. The van der Waals surface area contributed by atoms with Crippen molar-refractivity contribution in [3.8, 4) is 0 Å². The Morgan fingerprint density at radius 3 is 2.72 bits per heavy atom.